The van der Waals surface area contributed by atoms with E-state index in [1.807, 2.05) is 0 Å². The quantitative estimate of drug-likeness (QED) is 0.793. The number of nitrogens with one attached hydrogen (secondary N) is 2. The van der Waals surface area contributed by atoms with Gasteiger partial charge in [-0.1, -0.05) is 12.5 Å². The summed E-state index contributed by atoms with van der Waals surface area (Å²) in [5, 5.41) is 5.51. The zero-order valence-corrected chi connectivity index (χ0v) is 15.6. The first-order valence-electron chi connectivity index (χ1n) is 8.85. The average molecular weight is 391 g/mol. The maximum atomic E-state index is 13.1. The van der Waals surface area contributed by atoms with Crippen LogP contribution in [-0.4, -0.2) is 38.3 Å². The number of carbonyl (C=O) groups is 1. The Morgan fingerprint density at radius 2 is 1.70 bits per heavy atom. The monoisotopic (exact) mass is 391 g/mol. The summed E-state index contributed by atoms with van der Waals surface area (Å²) in [6.07, 6.45) is 2.84. The number of benzene rings is 2. The van der Waals surface area contributed by atoms with Crippen molar-refractivity contribution in [2.75, 3.05) is 30.3 Å². The molecule has 0 unspecified atom stereocenters. The Morgan fingerprint density at radius 3 is 2.37 bits per heavy atom. The van der Waals surface area contributed by atoms with E-state index in [4.69, 9.17) is 0 Å². The number of amides is 1. The zero-order chi connectivity index (χ0) is 19.3. The minimum atomic E-state index is -3.46. The van der Waals surface area contributed by atoms with Crippen LogP contribution in [0.3, 0.4) is 0 Å². The van der Waals surface area contributed by atoms with Gasteiger partial charge < -0.3 is 10.6 Å². The number of carbonyl (C=O) groups excluding carboxylic acids is 1. The standard InChI is InChI=1S/C19H22FN3O3S/c20-15-5-4-6-17(13-15)22-19(24)14-21-16-7-9-18(10-8-16)27(25,26)23-11-2-1-3-12-23/h4-10,13,21H,1-3,11-12,14H2,(H,22,24). The first-order valence-corrected chi connectivity index (χ1v) is 10.3. The summed E-state index contributed by atoms with van der Waals surface area (Å²) in [6.45, 7) is 1.10. The number of anilines is 2. The third kappa shape index (κ3) is 5.05. The molecule has 8 heteroatoms. The van der Waals surface area contributed by atoms with E-state index in [0.717, 1.165) is 19.3 Å². The number of hydrogen-bond acceptors (Lipinski definition) is 4. The predicted molar refractivity (Wildman–Crippen MR) is 103 cm³/mol. The van der Waals surface area contributed by atoms with Crippen LogP contribution in [0.1, 0.15) is 19.3 Å². The van der Waals surface area contributed by atoms with Gasteiger partial charge in [0.25, 0.3) is 0 Å². The number of rotatable bonds is 6. The van der Waals surface area contributed by atoms with Crippen molar-refractivity contribution in [3.05, 3.63) is 54.3 Å². The Morgan fingerprint density at radius 1 is 1.00 bits per heavy atom. The molecule has 1 saturated heterocycles. The summed E-state index contributed by atoms with van der Waals surface area (Å²) in [4.78, 5) is 12.2. The minimum absolute atomic E-state index is 0.0191. The van der Waals surface area contributed by atoms with E-state index >= 15 is 0 Å². The molecule has 0 bridgehead atoms. The van der Waals surface area contributed by atoms with E-state index in [1.165, 1.54) is 34.6 Å². The third-order valence-corrected chi connectivity index (χ3v) is 6.28. The summed E-state index contributed by atoms with van der Waals surface area (Å²) in [5.41, 5.74) is 1.01. The second-order valence-electron chi connectivity index (χ2n) is 6.40. The van der Waals surface area contributed by atoms with Gasteiger partial charge >= 0.3 is 0 Å². The van der Waals surface area contributed by atoms with E-state index in [2.05, 4.69) is 10.6 Å². The highest BCUT2D eigenvalue weighted by atomic mass is 32.2. The molecular weight excluding hydrogens is 369 g/mol. The van der Waals surface area contributed by atoms with Crippen LogP contribution in [0.2, 0.25) is 0 Å². The molecule has 1 heterocycles. The van der Waals surface area contributed by atoms with Crippen LogP contribution in [0.15, 0.2) is 53.4 Å². The van der Waals surface area contributed by atoms with Crippen LogP contribution >= 0.6 is 0 Å². The lowest BCUT2D eigenvalue weighted by atomic mass is 10.2. The predicted octanol–water partition coefficient (Wildman–Crippen LogP) is 3.05. The van der Waals surface area contributed by atoms with Gasteiger partial charge in [-0.3, -0.25) is 4.79 Å². The van der Waals surface area contributed by atoms with Crippen LogP contribution in [0.25, 0.3) is 0 Å². The van der Waals surface area contributed by atoms with Gasteiger partial charge in [-0.05, 0) is 55.3 Å². The van der Waals surface area contributed by atoms with Gasteiger partial charge in [-0.25, -0.2) is 12.8 Å². The molecule has 1 aliphatic rings. The highest BCUT2D eigenvalue weighted by molar-refractivity contribution is 7.89. The van der Waals surface area contributed by atoms with Crippen molar-refractivity contribution >= 4 is 27.3 Å². The largest absolute Gasteiger partial charge is 0.376 e. The Balaban J connectivity index is 1.56. The smallest absolute Gasteiger partial charge is 0.243 e. The average Bonchev–Trinajstić information content (AvgIpc) is 2.67. The summed E-state index contributed by atoms with van der Waals surface area (Å²) in [6, 6.07) is 12.0. The Hall–Kier alpha value is -2.45. The Kier molecular flexibility index (Phi) is 6.08. The molecule has 27 heavy (non-hydrogen) atoms. The lowest BCUT2D eigenvalue weighted by molar-refractivity contribution is -0.114. The molecule has 0 saturated carbocycles. The molecule has 2 aromatic carbocycles. The SMILES string of the molecule is O=C(CNc1ccc(S(=O)(=O)N2CCCCC2)cc1)Nc1cccc(F)c1. The van der Waals surface area contributed by atoms with E-state index in [0.29, 0.717) is 24.5 Å². The van der Waals surface area contributed by atoms with Crippen molar-refractivity contribution in [3.63, 3.8) is 0 Å². The van der Waals surface area contributed by atoms with Gasteiger partial charge in [-0.2, -0.15) is 4.31 Å². The van der Waals surface area contributed by atoms with Gasteiger partial charge in [0.1, 0.15) is 5.82 Å². The normalized spacial score (nSPS) is 15.3. The fraction of sp³-hybridized carbons (Fsp3) is 0.316. The molecule has 144 valence electrons. The molecule has 6 nitrogen and oxygen atoms in total. The summed E-state index contributed by atoms with van der Waals surface area (Å²) in [5.74, 6) is -0.753. The molecule has 1 aliphatic heterocycles. The first kappa shape index (κ1) is 19.3. The molecule has 0 spiro atoms. The van der Waals surface area contributed by atoms with Gasteiger partial charge in [0, 0.05) is 24.5 Å². The summed E-state index contributed by atoms with van der Waals surface area (Å²) < 4.78 is 39.8. The van der Waals surface area contributed by atoms with E-state index in [1.54, 1.807) is 18.2 Å². The second-order valence-corrected chi connectivity index (χ2v) is 8.34. The Labute approximate surface area is 158 Å². The van der Waals surface area contributed by atoms with Crippen molar-refractivity contribution in [3.8, 4) is 0 Å². The van der Waals surface area contributed by atoms with Gasteiger partial charge in [0.05, 0.1) is 11.4 Å². The van der Waals surface area contributed by atoms with Crippen molar-refractivity contribution in [2.45, 2.75) is 24.2 Å². The van der Waals surface area contributed by atoms with Crippen LogP contribution in [0.5, 0.6) is 0 Å². The number of piperidine rings is 1. The maximum absolute atomic E-state index is 13.1. The molecule has 1 fully saturated rings. The lowest BCUT2D eigenvalue weighted by Crippen LogP contribution is -2.35. The lowest BCUT2D eigenvalue weighted by Gasteiger charge is -2.25. The molecule has 2 aromatic rings. The van der Waals surface area contributed by atoms with Gasteiger partial charge in [0.2, 0.25) is 15.9 Å². The van der Waals surface area contributed by atoms with E-state index in [-0.39, 0.29) is 17.3 Å². The topological polar surface area (TPSA) is 78.5 Å². The number of halogens is 1. The molecular formula is C19H22FN3O3S. The highest BCUT2D eigenvalue weighted by Crippen LogP contribution is 2.22. The maximum Gasteiger partial charge on any atom is 0.243 e. The number of hydrogen-bond donors (Lipinski definition) is 2. The van der Waals surface area contributed by atoms with Crippen LogP contribution in [0.4, 0.5) is 15.8 Å². The van der Waals surface area contributed by atoms with Crippen molar-refractivity contribution in [2.24, 2.45) is 0 Å². The first-order chi connectivity index (χ1) is 12.9. The minimum Gasteiger partial charge on any atom is -0.376 e. The highest BCUT2D eigenvalue weighted by Gasteiger charge is 2.25. The molecule has 3 rings (SSSR count). The van der Waals surface area contributed by atoms with E-state index in [9.17, 15) is 17.6 Å². The van der Waals surface area contributed by atoms with Crippen LogP contribution < -0.4 is 10.6 Å². The zero-order valence-electron chi connectivity index (χ0n) is 14.8. The molecule has 2 N–H and O–H groups in total. The van der Waals surface area contributed by atoms with Crippen molar-refractivity contribution < 1.29 is 17.6 Å². The molecule has 0 radical (unpaired) electrons. The molecule has 1 amide bonds. The molecule has 0 atom stereocenters. The number of nitrogens with zero attached hydrogens (tertiary/aromatic N) is 1. The summed E-state index contributed by atoms with van der Waals surface area (Å²) >= 11 is 0. The Bertz CT molecular complexity index is 895. The molecule has 0 aromatic heterocycles. The third-order valence-electron chi connectivity index (χ3n) is 4.37. The molecule has 0 aliphatic carbocycles. The van der Waals surface area contributed by atoms with Crippen LogP contribution in [-0.2, 0) is 14.8 Å². The van der Waals surface area contributed by atoms with Crippen molar-refractivity contribution in [1.82, 2.24) is 4.31 Å². The second kappa shape index (κ2) is 8.49. The number of sulfonamides is 1. The fourth-order valence-corrected chi connectivity index (χ4v) is 4.47. The van der Waals surface area contributed by atoms with Crippen LogP contribution in [0, 0.1) is 5.82 Å². The summed E-state index contributed by atoms with van der Waals surface area (Å²) in [7, 11) is -3.46. The van der Waals surface area contributed by atoms with E-state index < -0.39 is 15.8 Å². The van der Waals surface area contributed by atoms with Crippen molar-refractivity contribution in [1.29, 1.82) is 0 Å². The van der Waals surface area contributed by atoms with Gasteiger partial charge in [0.15, 0.2) is 0 Å². The fourth-order valence-electron chi connectivity index (χ4n) is 2.95. The van der Waals surface area contributed by atoms with Gasteiger partial charge in [-0.15, -0.1) is 0 Å².